The number of nitrogens with one attached hydrogen (secondary N) is 1. The maximum atomic E-state index is 12.4. The van der Waals surface area contributed by atoms with E-state index in [2.05, 4.69) is 35.6 Å². The highest BCUT2D eigenvalue weighted by atomic mass is 16.3. The summed E-state index contributed by atoms with van der Waals surface area (Å²) < 4.78 is 0. The van der Waals surface area contributed by atoms with Gasteiger partial charge in [0.15, 0.2) is 0 Å². The number of carbonyl (C=O) groups is 1. The van der Waals surface area contributed by atoms with Crippen LogP contribution >= 0.6 is 0 Å². The molecule has 4 rings (SSSR count). The van der Waals surface area contributed by atoms with Gasteiger partial charge in [0.2, 0.25) is 0 Å². The predicted molar refractivity (Wildman–Crippen MR) is 94.1 cm³/mol. The van der Waals surface area contributed by atoms with Gasteiger partial charge < -0.3 is 15.3 Å². The number of rotatable bonds is 2. The van der Waals surface area contributed by atoms with Crippen molar-refractivity contribution >= 4 is 11.7 Å². The summed E-state index contributed by atoms with van der Waals surface area (Å²) in [7, 11) is 0. The smallest absolute Gasteiger partial charge is 0.321 e. The van der Waals surface area contributed by atoms with Crippen molar-refractivity contribution in [3.63, 3.8) is 0 Å². The number of phenols is 1. The summed E-state index contributed by atoms with van der Waals surface area (Å²) in [6, 6.07) is 17.3. The molecule has 2 amide bonds. The van der Waals surface area contributed by atoms with E-state index in [4.69, 9.17) is 0 Å². The SMILES string of the molecule is O=C(Nc1ccc(O)cc1)N1CC2CC(c3ccccc3)CC2C1. The molecule has 2 atom stereocenters. The lowest BCUT2D eigenvalue weighted by Gasteiger charge is -2.20. The van der Waals surface area contributed by atoms with E-state index in [1.54, 1.807) is 24.3 Å². The molecule has 124 valence electrons. The van der Waals surface area contributed by atoms with Crippen molar-refractivity contribution in [2.24, 2.45) is 11.8 Å². The second kappa shape index (κ2) is 6.19. The topological polar surface area (TPSA) is 52.6 Å². The number of hydrogen-bond donors (Lipinski definition) is 2. The maximum absolute atomic E-state index is 12.4. The summed E-state index contributed by atoms with van der Waals surface area (Å²) in [5.74, 6) is 2.07. The molecule has 0 aromatic heterocycles. The van der Waals surface area contributed by atoms with Gasteiger partial charge in [0, 0.05) is 18.8 Å². The largest absolute Gasteiger partial charge is 0.508 e. The number of phenolic OH excluding ortho intramolecular Hbond substituents is 1. The third-order valence-electron chi connectivity index (χ3n) is 5.43. The molecule has 1 heterocycles. The minimum Gasteiger partial charge on any atom is -0.508 e. The number of aromatic hydroxyl groups is 1. The van der Waals surface area contributed by atoms with Gasteiger partial charge in [0.05, 0.1) is 0 Å². The average Bonchev–Trinajstić information content (AvgIpc) is 3.17. The molecule has 1 saturated heterocycles. The Balaban J connectivity index is 1.35. The Bertz CT molecular complexity index is 700. The molecule has 2 aliphatic rings. The van der Waals surface area contributed by atoms with Crippen LogP contribution in [0.2, 0.25) is 0 Å². The molecule has 2 aromatic carbocycles. The number of likely N-dealkylation sites (tertiary alicyclic amines) is 1. The Hall–Kier alpha value is -2.49. The van der Waals surface area contributed by atoms with Crippen LogP contribution in [0, 0.1) is 11.8 Å². The van der Waals surface area contributed by atoms with Gasteiger partial charge in [-0.15, -0.1) is 0 Å². The summed E-state index contributed by atoms with van der Waals surface area (Å²) in [6.45, 7) is 1.69. The Kier molecular flexibility index (Phi) is 3.89. The molecule has 1 aliphatic carbocycles. The van der Waals surface area contributed by atoms with Crippen molar-refractivity contribution in [1.82, 2.24) is 4.90 Å². The lowest BCUT2D eigenvalue weighted by molar-refractivity contribution is 0.218. The molecule has 2 unspecified atom stereocenters. The molecule has 0 bridgehead atoms. The fourth-order valence-electron chi connectivity index (χ4n) is 4.21. The summed E-state index contributed by atoms with van der Waals surface area (Å²) in [5.41, 5.74) is 2.16. The number of anilines is 1. The van der Waals surface area contributed by atoms with Gasteiger partial charge in [-0.1, -0.05) is 30.3 Å². The van der Waals surface area contributed by atoms with Crippen LogP contribution in [0.15, 0.2) is 54.6 Å². The zero-order valence-electron chi connectivity index (χ0n) is 13.6. The van der Waals surface area contributed by atoms with Crippen LogP contribution in [0.4, 0.5) is 10.5 Å². The molecule has 4 nitrogen and oxygen atoms in total. The van der Waals surface area contributed by atoms with Gasteiger partial charge in [0.1, 0.15) is 5.75 Å². The molecule has 2 aromatic rings. The fourth-order valence-corrected chi connectivity index (χ4v) is 4.21. The van der Waals surface area contributed by atoms with Gasteiger partial charge in [0.25, 0.3) is 0 Å². The standard InChI is InChI=1S/C20H22N2O2/c23-19-8-6-18(7-9-19)21-20(24)22-12-16-10-15(11-17(16)13-22)14-4-2-1-3-5-14/h1-9,15-17,23H,10-13H2,(H,21,24). The van der Waals surface area contributed by atoms with E-state index in [1.807, 2.05) is 4.90 Å². The first-order valence-electron chi connectivity index (χ1n) is 8.59. The van der Waals surface area contributed by atoms with Crippen LogP contribution in [-0.4, -0.2) is 29.1 Å². The summed E-state index contributed by atoms with van der Waals surface area (Å²) in [6.07, 6.45) is 2.36. The Morgan fingerprint density at radius 3 is 2.21 bits per heavy atom. The van der Waals surface area contributed by atoms with Gasteiger partial charge in [-0.25, -0.2) is 4.79 Å². The highest BCUT2D eigenvalue weighted by Crippen LogP contribution is 2.46. The number of carbonyl (C=O) groups excluding carboxylic acids is 1. The minimum atomic E-state index is -0.0358. The first-order valence-corrected chi connectivity index (χ1v) is 8.59. The van der Waals surface area contributed by atoms with E-state index in [-0.39, 0.29) is 11.8 Å². The zero-order chi connectivity index (χ0) is 16.5. The Morgan fingerprint density at radius 1 is 0.958 bits per heavy atom. The molecular weight excluding hydrogens is 300 g/mol. The quantitative estimate of drug-likeness (QED) is 0.820. The third kappa shape index (κ3) is 2.96. The van der Waals surface area contributed by atoms with Crippen LogP contribution in [0.3, 0.4) is 0 Å². The van der Waals surface area contributed by atoms with Crippen molar-refractivity contribution in [3.8, 4) is 5.75 Å². The Morgan fingerprint density at radius 2 is 1.58 bits per heavy atom. The van der Waals surface area contributed by atoms with Crippen LogP contribution in [0.5, 0.6) is 5.75 Å². The number of nitrogens with zero attached hydrogens (tertiary/aromatic N) is 1. The van der Waals surface area contributed by atoms with Crippen molar-refractivity contribution < 1.29 is 9.90 Å². The monoisotopic (exact) mass is 322 g/mol. The molecule has 1 saturated carbocycles. The van der Waals surface area contributed by atoms with Crippen LogP contribution in [0.1, 0.15) is 24.3 Å². The van der Waals surface area contributed by atoms with Crippen LogP contribution in [0.25, 0.3) is 0 Å². The number of hydrogen-bond acceptors (Lipinski definition) is 2. The van der Waals surface area contributed by atoms with Crippen molar-refractivity contribution in [3.05, 3.63) is 60.2 Å². The highest BCUT2D eigenvalue weighted by molar-refractivity contribution is 5.89. The molecule has 2 N–H and O–H groups in total. The molecule has 1 aliphatic heterocycles. The molecule has 0 radical (unpaired) electrons. The molecule has 2 fully saturated rings. The molecular formula is C20H22N2O2. The fraction of sp³-hybridized carbons (Fsp3) is 0.350. The normalized spacial score (nSPS) is 25.5. The van der Waals surface area contributed by atoms with E-state index < -0.39 is 0 Å². The number of amides is 2. The van der Waals surface area contributed by atoms with E-state index in [0.29, 0.717) is 17.8 Å². The first-order chi connectivity index (χ1) is 11.7. The molecule has 0 spiro atoms. The summed E-state index contributed by atoms with van der Waals surface area (Å²) in [4.78, 5) is 14.4. The highest BCUT2D eigenvalue weighted by Gasteiger charge is 2.42. The van der Waals surface area contributed by atoms with Gasteiger partial charge in [-0.2, -0.15) is 0 Å². The Labute approximate surface area is 142 Å². The van der Waals surface area contributed by atoms with E-state index in [1.165, 1.54) is 18.4 Å². The second-order valence-corrected chi connectivity index (χ2v) is 6.98. The average molecular weight is 322 g/mol. The van der Waals surface area contributed by atoms with E-state index in [0.717, 1.165) is 18.8 Å². The van der Waals surface area contributed by atoms with Crippen molar-refractivity contribution in [2.75, 3.05) is 18.4 Å². The third-order valence-corrected chi connectivity index (χ3v) is 5.43. The van der Waals surface area contributed by atoms with Crippen molar-refractivity contribution in [1.29, 1.82) is 0 Å². The number of fused-ring (bicyclic) bond motifs is 1. The predicted octanol–water partition coefficient (Wildman–Crippen LogP) is 4.05. The van der Waals surface area contributed by atoms with E-state index in [9.17, 15) is 9.90 Å². The summed E-state index contributed by atoms with van der Waals surface area (Å²) >= 11 is 0. The second-order valence-electron chi connectivity index (χ2n) is 6.98. The van der Waals surface area contributed by atoms with Crippen molar-refractivity contribution in [2.45, 2.75) is 18.8 Å². The zero-order valence-corrected chi connectivity index (χ0v) is 13.6. The molecule has 24 heavy (non-hydrogen) atoms. The lowest BCUT2D eigenvalue weighted by Crippen LogP contribution is -2.33. The van der Waals surface area contributed by atoms with Gasteiger partial charge in [-0.05, 0) is 60.4 Å². The van der Waals surface area contributed by atoms with Crippen LogP contribution in [-0.2, 0) is 0 Å². The van der Waals surface area contributed by atoms with E-state index >= 15 is 0 Å². The van der Waals surface area contributed by atoms with Gasteiger partial charge in [-0.3, -0.25) is 0 Å². The van der Waals surface area contributed by atoms with Crippen LogP contribution < -0.4 is 5.32 Å². The number of benzene rings is 2. The van der Waals surface area contributed by atoms with Gasteiger partial charge >= 0.3 is 6.03 Å². The lowest BCUT2D eigenvalue weighted by atomic mass is 9.96. The molecule has 4 heteroatoms. The number of urea groups is 1. The minimum absolute atomic E-state index is 0.0358. The maximum Gasteiger partial charge on any atom is 0.321 e. The first kappa shape index (κ1) is 15.1. The summed E-state index contributed by atoms with van der Waals surface area (Å²) in [5, 5.41) is 12.2.